The second kappa shape index (κ2) is 9.09. The van der Waals surface area contributed by atoms with Crippen molar-refractivity contribution in [3.05, 3.63) is 58.7 Å². The van der Waals surface area contributed by atoms with E-state index in [1.807, 2.05) is 64.1 Å². The highest BCUT2D eigenvalue weighted by molar-refractivity contribution is 7.89. The summed E-state index contributed by atoms with van der Waals surface area (Å²) in [5.41, 5.74) is 1.59. The van der Waals surface area contributed by atoms with Crippen LogP contribution in [0, 0.1) is 32.1 Å². The second-order valence-electron chi connectivity index (χ2n) is 11.0. The summed E-state index contributed by atoms with van der Waals surface area (Å²) in [5.74, 6) is -1.49. The van der Waals surface area contributed by atoms with Crippen LogP contribution in [0.2, 0.25) is 0 Å². The van der Waals surface area contributed by atoms with E-state index < -0.39 is 45.0 Å². The summed E-state index contributed by atoms with van der Waals surface area (Å²) in [6.45, 7) is 11.2. The third-order valence-electron chi connectivity index (χ3n) is 8.80. The van der Waals surface area contributed by atoms with Crippen LogP contribution in [0.1, 0.15) is 55.9 Å². The van der Waals surface area contributed by atoms with Crippen LogP contribution in [0.4, 0.5) is 5.69 Å². The van der Waals surface area contributed by atoms with Gasteiger partial charge in [0.25, 0.3) is 0 Å². The molecule has 1 aliphatic carbocycles. The van der Waals surface area contributed by atoms with Crippen LogP contribution in [0.15, 0.2) is 41.3 Å². The molecule has 8 nitrogen and oxygen atoms in total. The number of esters is 2. The van der Waals surface area contributed by atoms with Gasteiger partial charge in [0, 0.05) is 17.1 Å². The van der Waals surface area contributed by atoms with Crippen LogP contribution < -0.4 is 5.32 Å². The summed E-state index contributed by atoms with van der Waals surface area (Å²) in [4.78, 5) is 27.5. The molecule has 38 heavy (non-hydrogen) atoms. The lowest BCUT2D eigenvalue weighted by Gasteiger charge is -2.45. The van der Waals surface area contributed by atoms with Gasteiger partial charge in [-0.3, -0.25) is 9.59 Å². The molecule has 1 N–H and O–H groups in total. The normalized spacial score (nSPS) is 27.3. The monoisotopic (exact) mass is 540 g/mol. The van der Waals surface area contributed by atoms with Crippen LogP contribution in [0.3, 0.4) is 0 Å². The average molecular weight is 541 g/mol. The van der Waals surface area contributed by atoms with E-state index in [4.69, 9.17) is 9.47 Å². The van der Waals surface area contributed by atoms with E-state index in [2.05, 4.69) is 5.32 Å². The molecule has 0 aromatic heterocycles. The van der Waals surface area contributed by atoms with Crippen molar-refractivity contribution in [2.45, 2.75) is 76.9 Å². The largest absolute Gasteiger partial charge is 0.465 e. The molecule has 2 heterocycles. The molecule has 1 spiro atoms. The van der Waals surface area contributed by atoms with Crippen molar-refractivity contribution in [2.24, 2.45) is 11.3 Å². The molecule has 0 radical (unpaired) electrons. The highest BCUT2D eigenvalue weighted by Crippen LogP contribution is 2.65. The van der Waals surface area contributed by atoms with Crippen molar-refractivity contribution in [1.29, 1.82) is 0 Å². The molecule has 1 saturated heterocycles. The maximum Gasteiger partial charge on any atom is 0.323 e. The van der Waals surface area contributed by atoms with Gasteiger partial charge in [-0.05, 0) is 76.1 Å². The SMILES string of the molecule is CCOC(=O)C1(C(=O)OCC)CC2C(C)C3(C1)c1ccccc1NC3N2S(=O)(=O)c1c(C)cc(C)cc1C. The summed E-state index contributed by atoms with van der Waals surface area (Å²) in [6, 6.07) is 10.8. The molecule has 204 valence electrons. The van der Waals surface area contributed by atoms with Crippen molar-refractivity contribution in [1.82, 2.24) is 4.31 Å². The smallest absolute Gasteiger partial charge is 0.323 e. The fraction of sp³-hybridized carbons (Fsp3) is 0.517. The van der Waals surface area contributed by atoms with Crippen LogP contribution in [-0.4, -0.2) is 50.1 Å². The third-order valence-corrected chi connectivity index (χ3v) is 11.0. The standard InChI is InChI=1S/C29H36N2O6S/c1-7-36-26(32)28(27(33)37-8-2)15-23-20(6)29(16-28)21-11-9-10-12-22(21)30-25(29)31(23)38(34,35)24-18(4)13-17(3)14-19(24)5/h9-14,20,23,25,30H,7-8,15-16H2,1-6H3. The Morgan fingerprint density at radius 2 is 1.61 bits per heavy atom. The van der Waals surface area contributed by atoms with Crippen molar-refractivity contribution in [3.8, 4) is 0 Å². The van der Waals surface area contributed by atoms with Gasteiger partial charge in [0.05, 0.1) is 18.1 Å². The van der Waals surface area contributed by atoms with Gasteiger partial charge in [0.1, 0.15) is 6.17 Å². The van der Waals surface area contributed by atoms with E-state index in [9.17, 15) is 18.0 Å². The number of benzene rings is 2. The predicted molar refractivity (Wildman–Crippen MR) is 143 cm³/mol. The van der Waals surface area contributed by atoms with Gasteiger partial charge in [-0.25, -0.2) is 8.42 Å². The van der Waals surface area contributed by atoms with E-state index in [1.54, 1.807) is 18.2 Å². The Kier molecular flexibility index (Phi) is 6.38. The number of hydrogen-bond acceptors (Lipinski definition) is 7. The van der Waals surface area contributed by atoms with Gasteiger partial charge in [-0.2, -0.15) is 4.31 Å². The lowest BCUT2D eigenvalue weighted by atomic mass is 9.55. The molecule has 3 aliphatic rings. The minimum absolute atomic E-state index is 0.00286. The van der Waals surface area contributed by atoms with E-state index in [0.29, 0.717) is 11.1 Å². The van der Waals surface area contributed by atoms with Crippen LogP contribution in [-0.2, 0) is 34.5 Å². The average Bonchev–Trinajstić information content (AvgIpc) is 3.20. The zero-order valence-corrected chi connectivity index (χ0v) is 23.6. The molecular weight excluding hydrogens is 504 g/mol. The number of para-hydroxylation sites is 1. The molecule has 2 fully saturated rings. The van der Waals surface area contributed by atoms with Crippen molar-refractivity contribution >= 4 is 27.6 Å². The van der Waals surface area contributed by atoms with Crippen molar-refractivity contribution in [2.75, 3.05) is 18.5 Å². The second-order valence-corrected chi connectivity index (χ2v) is 12.7. The molecule has 2 bridgehead atoms. The van der Waals surface area contributed by atoms with Crippen LogP contribution in [0.25, 0.3) is 0 Å². The Balaban J connectivity index is 1.76. The Morgan fingerprint density at radius 3 is 2.18 bits per heavy atom. The number of ether oxygens (including phenoxy) is 2. The molecule has 2 aliphatic heterocycles. The summed E-state index contributed by atoms with van der Waals surface area (Å²) in [6.07, 6.45) is -0.574. The number of carbonyl (C=O) groups excluding carboxylic acids is 2. The van der Waals surface area contributed by atoms with Gasteiger partial charge in [0.15, 0.2) is 5.41 Å². The Labute approximate surface area is 224 Å². The highest BCUT2D eigenvalue weighted by Gasteiger charge is 2.74. The molecule has 1 saturated carbocycles. The quantitative estimate of drug-likeness (QED) is 0.432. The Hall–Kier alpha value is -2.91. The van der Waals surface area contributed by atoms with E-state index in [1.165, 1.54) is 0 Å². The number of sulfonamides is 1. The number of fused-ring (bicyclic) bond motifs is 2. The fourth-order valence-electron chi connectivity index (χ4n) is 7.46. The molecular formula is C29H36N2O6S. The number of nitrogens with one attached hydrogen (secondary N) is 1. The van der Waals surface area contributed by atoms with Gasteiger partial charge in [-0.1, -0.05) is 42.8 Å². The summed E-state index contributed by atoms with van der Waals surface area (Å²) in [5, 5.41) is 3.49. The van der Waals surface area contributed by atoms with Gasteiger partial charge in [0.2, 0.25) is 10.0 Å². The summed E-state index contributed by atoms with van der Waals surface area (Å²) < 4.78 is 41.7. The van der Waals surface area contributed by atoms with Gasteiger partial charge < -0.3 is 14.8 Å². The fourth-order valence-corrected chi connectivity index (χ4v) is 9.73. The van der Waals surface area contributed by atoms with Crippen LogP contribution in [0.5, 0.6) is 0 Å². The van der Waals surface area contributed by atoms with Crippen molar-refractivity contribution in [3.63, 3.8) is 0 Å². The number of carbonyl (C=O) groups is 2. The number of hydrogen-bond donors (Lipinski definition) is 1. The Morgan fingerprint density at radius 1 is 1.03 bits per heavy atom. The zero-order valence-electron chi connectivity index (χ0n) is 22.8. The van der Waals surface area contributed by atoms with E-state index >= 15 is 0 Å². The first-order valence-electron chi connectivity index (χ1n) is 13.3. The maximum atomic E-state index is 14.6. The summed E-state index contributed by atoms with van der Waals surface area (Å²) in [7, 11) is -4.04. The molecule has 5 rings (SSSR count). The molecule has 4 unspecified atom stereocenters. The first-order valence-corrected chi connectivity index (χ1v) is 14.7. The van der Waals surface area contributed by atoms with Crippen LogP contribution >= 0.6 is 0 Å². The third kappa shape index (κ3) is 3.47. The highest BCUT2D eigenvalue weighted by atomic mass is 32.2. The van der Waals surface area contributed by atoms with Crippen molar-refractivity contribution < 1.29 is 27.5 Å². The first-order chi connectivity index (χ1) is 18.0. The number of nitrogens with zero attached hydrogens (tertiary/aromatic N) is 1. The lowest BCUT2D eigenvalue weighted by Crippen LogP contribution is -2.55. The first kappa shape index (κ1) is 26.7. The molecule has 2 aromatic carbocycles. The minimum Gasteiger partial charge on any atom is -0.465 e. The summed E-state index contributed by atoms with van der Waals surface area (Å²) >= 11 is 0. The molecule has 0 amide bonds. The molecule has 9 heteroatoms. The van der Waals surface area contributed by atoms with E-state index in [0.717, 1.165) is 16.8 Å². The van der Waals surface area contributed by atoms with Gasteiger partial charge in [-0.15, -0.1) is 0 Å². The topological polar surface area (TPSA) is 102 Å². The maximum absolute atomic E-state index is 14.6. The van der Waals surface area contributed by atoms with Gasteiger partial charge >= 0.3 is 11.9 Å². The predicted octanol–water partition coefficient (Wildman–Crippen LogP) is 4.22. The number of aryl methyl sites for hydroxylation is 3. The Bertz CT molecular complexity index is 1380. The zero-order chi connectivity index (χ0) is 27.6. The van der Waals surface area contributed by atoms with E-state index in [-0.39, 0.29) is 36.9 Å². The molecule has 4 atom stereocenters. The number of anilines is 1. The number of rotatable bonds is 6. The lowest BCUT2D eigenvalue weighted by molar-refractivity contribution is -0.177. The molecule has 2 aromatic rings. The minimum atomic E-state index is -4.04.